The Labute approximate surface area is 194 Å². The van der Waals surface area contributed by atoms with Crippen molar-refractivity contribution in [2.75, 3.05) is 11.4 Å². The number of aryl methyl sites for hydroxylation is 3. The Hall–Kier alpha value is -3.36. The second kappa shape index (κ2) is 7.90. The Bertz CT molecular complexity index is 1500. The highest BCUT2D eigenvalue weighted by Gasteiger charge is 2.30. The normalized spacial score (nSPS) is 15.8. The average Bonchev–Trinajstić information content (AvgIpc) is 3.17. The summed E-state index contributed by atoms with van der Waals surface area (Å²) in [5.74, 6) is 0.537. The highest BCUT2D eigenvalue weighted by Crippen LogP contribution is 2.32. The predicted octanol–water partition coefficient (Wildman–Crippen LogP) is 2.73. The van der Waals surface area contributed by atoms with Crippen LogP contribution in [0.5, 0.6) is 0 Å². The van der Waals surface area contributed by atoms with E-state index in [4.69, 9.17) is 11.6 Å². The van der Waals surface area contributed by atoms with Crippen molar-refractivity contribution in [3.63, 3.8) is 0 Å². The summed E-state index contributed by atoms with van der Waals surface area (Å²) in [6.07, 6.45) is -0.696. The first kappa shape index (κ1) is 21.5. The smallest absolute Gasteiger partial charge is 0.332 e. The van der Waals surface area contributed by atoms with Gasteiger partial charge in [-0.15, -0.1) is 0 Å². The van der Waals surface area contributed by atoms with Gasteiger partial charge in [0.2, 0.25) is 5.95 Å². The molecule has 170 valence electrons. The van der Waals surface area contributed by atoms with Crippen LogP contribution in [0.2, 0.25) is 5.02 Å². The lowest BCUT2D eigenvalue weighted by Gasteiger charge is -2.32. The molecule has 33 heavy (non-hydrogen) atoms. The molecule has 9 heteroatoms. The molecule has 2 aromatic carbocycles. The molecule has 0 unspecified atom stereocenters. The number of aromatic nitrogens is 4. The number of benzene rings is 2. The molecule has 0 saturated heterocycles. The van der Waals surface area contributed by atoms with Crippen molar-refractivity contribution < 1.29 is 5.11 Å². The largest absolute Gasteiger partial charge is 0.389 e. The first-order valence-electron chi connectivity index (χ1n) is 10.7. The Kier molecular flexibility index (Phi) is 5.14. The number of aliphatic hydroxyl groups is 1. The zero-order chi connectivity index (χ0) is 23.4. The molecule has 1 aliphatic rings. The van der Waals surface area contributed by atoms with Crippen LogP contribution < -0.4 is 16.1 Å². The van der Waals surface area contributed by atoms with Gasteiger partial charge in [0.15, 0.2) is 11.2 Å². The molecule has 4 aromatic rings. The van der Waals surface area contributed by atoms with Crippen molar-refractivity contribution in [2.45, 2.75) is 33.0 Å². The summed E-state index contributed by atoms with van der Waals surface area (Å²) in [4.78, 5) is 33.2. The zero-order valence-electron chi connectivity index (χ0n) is 18.6. The van der Waals surface area contributed by atoms with Gasteiger partial charge in [0.25, 0.3) is 5.56 Å². The molecule has 0 aliphatic carbocycles. The van der Waals surface area contributed by atoms with Crippen molar-refractivity contribution in [2.24, 2.45) is 7.05 Å². The third kappa shape index (κ3) is 3.55. The maximum absolute atomic E-state index is 13.5. The van der Waals surface area contributed by atoms with Crippen LogP contribution in [0.3, 0.4) is 0 Å². The van der Waals surface area contributed by atoms with E-state index in [-0.39, 0.29) is 13.1 Å². The van der Waals surface area contributed by atoms with E-state index in [0.717, 1.165) is 22.4 Å². The second-order valence-corrected chi connectivity index (χ2v) is 9.02. The van der Waals surface area contributed by atoms with Gasteiger partial charge in [-0.05, 0) is 54.8 Å². The molecule has 1 N–H and O–H groups in total. The Morgan fingerprint density at radius 1 is 1.06 bits per heavy atom. The van der Waals surface area contributed by atoms with Gasteiger partial charge in [-0.25, -0.2) is 4.79 Å². The molecule has 0 radical (unpaired) electrons. The minimum Gasteiger partial charge on any atom is -0.389 e. The number of hydrogen-bond acceptors (Lipinski definition) is 5. The van der Waals surface area contributed by atoms with Crippen LogP contribution in [-0.4, -0.2) is 36.4 Å². The van der Waals surface area contributed by atoms with Crippen molar-refractivity contribution >= 4 is 34.4 Å². The van der Waals surface area contributed by atoms with Gasteiger partial charge in [-0.3, -0.25) is 13.9 Å². The molecule has 0 fully saturated rings. The summed E-state index contributed by atoms with van der Waals surface area (Å²) in [7, 11) is 1.61. The SMILES string of the molecule is Cc1ccc(N2C[C@@H](O)Cn3c2nc2c3c(=O)n(Cc3ccc(Cl)cc3)c(=O)n2C)cc1C. The van der Waals surface area contributed by atoms with Gasteiger partial charge >= 0.3 is 5.69 Å². The Morgan fingerprint density at radius 2 is 1.79 bits per heavy atom. The van der Waals surface area contributed by atoms with Gasteiger partial charge in [0, 0.05) is 17.8 Å². The van der Waals surface area contributed by atoms with Crippen LogP contribution in [0.1, 0.15) is 16.7 Å². The quantitative estimate of drug-likeness (QED) is 0.503. The van der Waals surface area contributed by atoms with Crippen LogP contribution in [0.4, 0.5) is 11.6 Å². The average molecular weight is 466 g/mol. The number of anilines is 2. The Balaban J connectivity index is 1.71. The first-order valence-corrected chi connectivity index (χ1v) is 11.1. The molecule has 2 aromatic heterocycles. The van der Waals surface area contributed by atoms with Crippen LogP contribution >= 0.6 is 11.6 Å². The van der Waals surface area contributed by atoms with E-state index < -0.39 is 17.4 Å². The summed E-state index contributed by atoms with van der Waals surface area (Å²) in [6.45, 7) is 4.75. The minimum atomic E-state index is -0.696. The number of hydrogen-bond donors (Lipinski definition) is 1. The molecule has 1 atom stereocenters. The van der Waals surface area contributed by atoms with Gasteiger partial charge in [0.05, 0.1) is 25.7 Å². The van der Waals surface area contributed by atoms with Crippen LogP contribution in [0.15, 0.2) is 52.1 Å². The third-order valence-electron chi connectivity index (χ3n) is 6.30. The minimum absolute atomic E-state index is 0.114. The van der Waals surface area contributed by atoms with Gasteiger partial charge < -0.3 is 14.6 Å². The monoisotopic (exact) mass is 465 g/mol. The standard InChI is InChI=1S/C24H24ClN5O3/c1-14-4-9-18(10-15(14)2)28-12-19(31)13-29-20-21(26-23(28)29)27(3)24(33)30(22(20)32)11-16-5-7-17(25)8-6-16/h4-10,19,31H,11-13H2,1-3H3/t19-/m1/s1. The van der Waals surface area contributed by atoms with Gasteiger partial charge in [-0.1, -0.05) is 29.8 Å². The van der Waals surface area contributed by atoms with Crippen molar-refractivity contribution in [3.05, 3.63) is 85.0 Å². The first-order chi connectivity index (χ1) is 15.7. The fraction of sp³-hybridized carbons (Fsp3) is 0.292. The molecule has 0 spiro atoms. The summed E-state index contributed by atoms with van der Waals surface area (Å²) >= 11 is 5.97. The lowest BCUT2D eigenvalue weighted by Crippen LogP contribution is -2.41. The summed E-state index contributed by atoms with van der Waals surface area (Å²) in [5.41, 5.74) is 3.66. The van der Waals surface area contributed by atoms with Crippen molar-refractivity contribution in [3.8, 4) is 0 Å². The van der Waals surface area contributed by atoms with Gasteiger partial charge in [0.1, 0.15) is 0 Å². The molecular weight excluding hydrogens is 442 g/mol. The molecule has 8 nitrogen and oxygen atoms in total. The number of halogens is 1. The number of imidazole rings is 1. The highest BCUT2D eigenvalue weighted by atomic mass is 35.5. The van der Waals surface area contributed by atoms with Crippen molar-refractivity contribution in [1.29, 1.82) is 0 Å². The molecular formula is C24H24ClN5O3. The number of nitrogens with zero attached hydrogens (tertiary/aromatic N) is 5. The number of rotatable bonds is 3. The number of β-amino-alcohol motifs (C(OH)–C–C–N with tert-alkyl or cyclic N) is 1. The third-order valence-corrected chi connectivity index (χ3v) is 6.55. The molecule has 1 aliphatic heterocycles. The van der Waals surface area contributed by atoms with Crippen LogP contribution in [0, 0.1) is 13.8 Å². The van der Waals surface area contributed by atoms with E-state index in [1.54, 1.807) is 35.9 Å². The topological polar surface area (TPSA) is 85.3 Å². The van der Waals surface area contributed by atoms with E-state index in [1.165, 1.54) is 9.13 Å². The maximum Gasteiger partial charge on any atom is 0.332 e. The second-order valence-electron chi connectivity index (χ2n) is 8.59. The van der Waals surface area contributed by atoms with Crippen LogP contribution in [0.25, 0.3) is 11.2 Å². The summed E-state index contributed by atoms with van der Waals surface area (Å²) in [6, 6.07) is 13.1. The van der Waals surface area contributed by atoms with E-state index in [0.29, 0.717) is 28.7 Å². The molecule has 0 bridgehead atoms. The van der Waals surface area contributed by atoms with E-state index in [2.05, 4.69) is 4.98 Å². The van der Waals surface area contributed by atoms with E-state index in [1.807, 2.05) is 36.9 Å². The Morgan fingerprint density at radius 3 is 2.48 bits per heavy atom. The zero-order valence-corrected chi connectivity index (χ0v) is 19.4. The molecule has 5 rings (SSSR count). The summed E-state index contributed by atoms with van der Waals surface area (Å²) in [5, 5.41) is 11.2. The van der Waals surface area contributed by atoms with Crippen LogP contribution in [-0.2, 0) is 20.1 Å². The van der Waals surface area contributed by atoms with E-state index >= 15 is 0 Å². The number of fused-ring (bicyclic) bond motifs is 3. The lowest BCUT2D eigenvalue weighted by atomic mass is 10.1. The fourth-order valence-electron chi connectivity index (χ4n) is 4.33. The molecule has 0 amide bonds. The predicted molar refractivity (Wildman–Crippen MR) is 129 cm³/mol. The fourth-order valence-corrected chi connectivity index (χ4v) is 4.45. The van der Waals surface area contributed by atoms with Crippen molar-refractivity contribution in [1.82, 2.24) is 18.7 Å². The molecule has 3 heterocycles. The maximum atomic E-state index is 13.5. The van der Waals surface area contributed by atoms with Gasteiger partial charge in [-0.2, -0.15) is 4.98 Å². The molecule has 0 saturated carbocycles. The highest BCUT2D eigenvalue weighted by molar-refractivity contribution is 6.30. The number of aliphatic hydroxyl groups excluding tert-OH is 1. The van der Waals surface area contributed by atoms with E-state index in [9.17, 15) is 14.7 Å². The summed E-state index contributed by atoms with van der Waals surface area (Å²) < 4.78 is 4.31. The lowest BCUT2D eigenvalue weighted by molar-refractivity contribution is 0.154.